The molecule has 1 atom stereocenters. The maximum Gasteiger partial charge on any atom is 0.271 e. The molecule has 0 aliphatic heterocycles. The normalized spacial score (nSPS) is 11.8. The topological polar surface area (TPSA) is 95.1 Å². The van der Waals surface area contributed by atoms with E-state index in [9.17, 15) is 14.7 Å². The number of benzene rings is 1. The first kappa shape index (κ1) is 14.0. The van der Waals surface area contributed by atoms with Crippen molar-refractivity contribution in [1.29, 1.82) is 0 Å². The number of hydrogen-bond donors (Lipinski definition) is 3. The fourth-order valence-electron chi connectivity index (χ4n) is 1.79. The highest BCUT2D eigenvalue weighted by molar-refractivity contribution is 5.92. The molecule has 1 heterocycles. The van der Waals surface area contributed by atoms with Crippen LogP contribution in [0.15, 0.2) is 47.5 Å². The van der Waals surface area contributed by atoms with E-state index in [0.717, 1.165) is 11.8 Å². The molecule has 104 valence electrons. The molecule has 0 radical (unpaired) electrons. The summed E-state index contributed by atoms with van der Waals surface area (Å²) in [5.41, 5.74) is 0.752. The Morgan fingerprint density at radius 1 is 1.35 bits per heavy atom. The van der Waals surface area contributed by atoms with E-state index in [2.05, 4.69) is 15.3 Å². The highest BCUT2D eigenvalue weighted by Crippen LogP contribution is 2.03. The highest BCUT2D eigenvalue weighted by Gasteiger charge is 2.14. The zero-order valence-electron chi connectivity index (χ0n) is 10.7. The third-order valence-corrected chi connectivity index (χ3v) is 2.79. The molecule has 0 bridgehead atoms. The summed E-state index contributed by atoms with van der Waals surface area (Å²) in [4.78, 5) is 28.9. The van der Waals surface area contributed by atoms with E-state index in [1.807, 2.05) is 30.3 Å². The van der Waals surface area contributed by atoms with Gasteiger partial charge in [-0.05, 0) is 12.0 Å². The van der Waals surface area contributed by atoms with Gasteiger partial charge in [-0.15, -0.1) is 0 Å². The Morgan fingerprint density at radius 2 is 2.10 bits per heavy atom. The zero-order chi connectivity index (χ0) is 14.4. The lowest BCUT2D eigenvalue weighted by Crippen LogP contribution is -2.39. The maximum atomic E-state index is 11.9. The molecular weight excluding hydrogens is 258 g/mol. The minimum Gasteiger partial charge on any atom is -0.394 e. The average molecular weight is 273 g/mol. The number of rotatable bonds is 5. The van der Waals surface area contributed by atoms with E-state index in [1.54, 1.807) is 0 Å². The van der Waals surface area contributed by atoms with Crippen LogP contribution >= 0.6 is 0 Å². The van der Waals surface area contributed by atoms with Gasteiger partial charge in [0, 0.05) is 6.20 Å². The van der Waals surface area contributed by atoms with Crippen LogP contribution in [0.3, 0.4) is 0 Å². The second kappa shape index (κ2) is 6.63. The molecule has 1 amide bonds. The van der Waals surface area contributed by atoms with Crippen LogP contribution in [0.2, 0.25) is 0 Å². The number of aromatic nitrogens is 2. The molecule has 0 fully saturated rings. The highest BCUT2D eigenvalue weighted by atomic mass is 16.3. The fourth-order valence-corrected chi connectivity index (χ4v) is 1.79. The van der Waals surface area contributed by atoms with E-state index < -0.39 is 11.9 Å². The average Bonchev–Trinajstić information content (AvgIpc) is 2.48. The van der Waals surface area contributed by atoms with Crippen LogP contribution in [0.4, 0.5) is 0 Å². The van der Waals surface area contributed by atoms with Crippen LogP contribution < -0.4 is 10.9 Å². The lowest BCUT2D eigenvalue weighted by Gasteiger charge is -2.16. The first-order chi connectivity index (χ1) is 9.69. The van der Waals surface area contributed by atoms with E-state index >= 15 is 0 Å². The van der Waals surface area contributed by atoms with Crippen LogP contribution in [0.25, 0.3) is 0 Å². The summed E-state index contributed by atoms with van der Waals surface area (Å²) >= 11 is 0. The van der Waals surface area contributed by atoms with Gasteiger partial charge in [0.15, 0.2) is 0 Å². The number of amides is 1. The van der Waals surface area contributed by atoms with Crippen molar-refractivity contribution in [3.8, 4) is 0 Å². The number of carbonyl (C=O) groups is 1. The number of hydrogen-bond acceptors (Lipinski definition) is 4. The molecule has 0 aliphatic rings. The molecule has 20 heavy (non-hydrogen) atoms. The van der Waals surface area contributed by atoms with Crippen molar-refractivity contribution in [2.75, 3.05) is 6.61 Å². The monoisotopic (exact) mass is 273 g/mol. The molecule has 6 heteroatoms. The SMILES string of the molecule is O=C(N[C@@H](CO)Cc1ccccc1)c1c[nH]c(=O)cn1. The van der Waals surface area contributed by atoms with E-state index in [4.69, 9.17) is 0 Å². The van der Waals surface area contributed by atoms with Gasteiger partial charge in [-0.2, -0.15) is 0 Å². The molecule has 3 N–H and O–H groups in total. The van der Waals surface area contributed by atoms with Crippen LogP contribution in [-0.4, -0.2) is 33.6 Å². The summed E-state index contributed by atoms with van der Waals surface area (Å²) in [7, 11) is 0. The molecule has 0 saturated carbocycles. The third-order valence-electron chi connectivity index (χ3n) is 2.79. The predicted octanol–water partition coefficient (Wildman–Crippen LogP) is 0.103. The van der Waals surface area contributed by atoms with Crippen LogP contribution in [0, 0.1) is 0 Å². The smallest absolute Gasteiger partial charge is 0.271 e. The number of aliphatic hydroxyl groups excluding tert-OH is 1. The quantitative estimate of drug-likeness (QED) is 0.720. The van der Waals surface area contributed by atoms with Crippen LogP contribution in [0.1, 0.15) is 16.1 Å². The largest absolute Gasteiger partial charge is 0.394 e. The molecular formula is C14H15N3O3. The molecule has 0 aliphatic carbocycles. The molecule has 0 spiro atoms. The van der Waals surface area contributed by atoms with Gasteiger partial charge < -0.3 is 15.4 Å². The molecule has 0 saturated heterocycles. The first-order valence-electron chi connectivity index (χ1n) is 6.19. The van der Waals surface area contributed by atoms with Crippen LogP contribution in [0.5, 0.6) is 0 Å². The fraction of sp³-hybridized carbons (Fsp3) is 0.214. The molecule has 1 aromatic heterocycles. The van der Waals surface area contributed by atoms with Crippen molar-refractivity contribution >= 4 is 5.91 Å². The lowest BCUT2D eigenvalue weighted by molar-refractivity contribution is 0.0911. The first-order valence-corrected chi connectivity index (χ1v) is 6.19. The number of nitrogens with one attached hydrogen (secondary N) is 2. The van der Waals surface area contributed by atoms with Crippen molar-refractivity contribution in [2.45, 2.75) is 12.5 Å². The Labute approximate surface area is 115 Å². The molecule has 2 aromatic rings. The Balaban J connectivity index is 2.01. The third kappa shape index (κ3) is 3.76. The summed E-state index contributed by atoms with van der Waals surface area (Å²) in [6.45, 7) is -0.177. The number of aliphatic hydroxyl groups is 1. The molecule has 2 rings (SSSR count). The van der Waals surface area contributed by atoms with Crippen LogP contribution in [-0.2, 0) is 6.42 Å². The van der Waals surface area contributed by atoms with Gasteiger partial charge in [0.25, 0.3) is 11.5 Å². The molecule has 0 unspecified atom stereocenters. The Bertz CT molecular complexity index is 605. The van der Waals surface area contributed by atoms with Crippen molar-refractivity contribution in [1.82, 2.24) is 15.3 Å². The van der Waals surface area contributed by atoms with Gasteiger partial charge in [-0.3, -0.25) is 9.59 Å². The minimum atomic E-state index is -0.434. The summed E-state index contributed by atoms with van der Waals surface area (Å²) in [5, 5.41) is 12.0. The van der Waals surface area contributed by atoms with E-state index in [0.29, 0.717) is 6.42 Å². The lowest BCUT2D eigenvalue weighted by atomic mass is 10.1. The minimum absolute atomic E-state index is 0.108. The number of H-pyrrole nitrogens is 1. The van der Waals surface area contributed by atoms with Gasteiger partial charge in [0.1, 0.15) is 5.69 Å². The number of aromatic amines is 1. The Hall–Kier alpha value is -2.47. The summed E-state index contributed by atoms with van der Waals surface area (Å²) in [6, 6.07) is 9.14. The van der Waals surface area contributed by atoms with Crippen molar-refractivity contribution in [3.63, 3.8) is 0 Å². The van der Waals surface area contributed by atoms with Crippen molar-refractivity contribution in [2.24, 2.45) is 0 Å². The second-order valence-corrected chi connectivity index (χ2v) is 4.34. The van der Waals surface area contributed by atoms with Gasteiger partial charge in [0.05, 0.1) is 18.8 Å². The summed E-state index contributed by atoms with van der Waals surface area (Å²) in [5.74, 6) is -0.434. The van der Waals surface area contributed by atoms with E-state index in [1.165, 1.54) is 6.20 Å². The zero-order valence-corrected chi connectivity index (χ0v) is 10.7. The molecule has 1 aromatic carbocycles. The van der Waals surface area contributed by atoms with Gasteiger partial charge in [0.2, 0.25) is 0 Å². The van der Waals surface area contributed by atoms with Gasteiger partial charge in [-0.1, -0.05) is 30.3 Å². The second-order valence-electron chi connectivity index (χ2n) is 4.34. The van der Waals surface area contributed by atoms with Gasteiger partial charge in [-0.25, -0.2) is 4.98 Å². The van der Waals surface area contributed by atoms with Gasteiger partial charge >= 0.3 is 0 Å². The predicted molar refractivity (Wildman–Crippen MR) is 73.3 cm³/mol. The number of nitrogens with zero attached hydrogens (tertiary/aromatic N) is 1. The molecule has 6 nitrogen and oxygen atoms in total. The van der Waals surface area contributed by atoms with E-state index in [-0.39, 0.29) is 17.9 Å². The Kier molecular flexibility index (Phi) is 4.62. The van der Waals surface area contributed by atoms with Crippen molar-refractivity contribution < 1.29 is 9.90 Å². The number of carbonyl (C=O) groups excluding carboxylic acids is 1. The summed E-state index contributed by atoms with van der Waals surface area (Å²) in [6.07, 6.45) is 2.81. The Morgan fingerprint density at radius 3 is 2.70 bits per heavy atom. The maximum absolute atomic E-state index is 11.9. The van der Waals surface area contributed by atoms with Crippen molar-refractivity contribution in [3.05, 3.63) is 64.3 Å². The summed E-state index contributed by atoms with van der Waals surface area (Å²) < 4.78 is 0. The standard InChI is InChI=1S/C14H15N3O3/c18-9-11(6-10-4-2-1-3-5-10)17-14(20)12-7-16-13(19)8-15-12/h1-5,7-8,11,18H,6,9H2,(H,16,19)(H,17,20)/t11-/m1/s1.